The molecular weight excluding hydrogens is 1090 g/mol. The maximum absolute atomic E-state index is 9.46. The summed E-state index contributed by atoms with van der Waals surface area (Å²) in [5, 5.41) is 0. The van der Waals surface area contributed by atoms with Gasteiger partial charge in [-0.15, -0.1) is 0 Å². The third-order valence-corrected chi connectivity index (χ3v) is 28.1. The first-order valence-electron chi connectivity index (χ1n) is 43.2. The summed E-state index contributed by atoms with van der Waals surface area (Å²) in [5.41, 5.74) is 0.626. The van der Waals surface area contributed by atoms with Gasteiger partial charge in [0, 0.05) is 17.4 Å². The summed E-state index contributed by atoms with van der Waals surface area (Å²) in [5.74, 6) is 0. The highest BCUT2D eigenvalue weighted by Gasteiger charge is 2.73. The van der Waals surface area contributed by atoms with E-state index in [1.807, 2.05) is 0 Å². The Morgan fingerprint density at radius 3 is 0.640 bits per heavy atom. The molecule has 0 aliphatic carbocycles. The van der Waals surface area contributed by atoms with Crippen molar-refractivity contribution in [3.05, 3.63) is 0 Å². The predicted octanol–water partition coefficient (Wildman–Crippen LogP) is 32.1. The molecule has 0 aromatic carbocycles. The van der Waals surface area contributed by atoms with Crippen LogP contribution in [0.5, 0.6) is 0 Å². The molecule has 534 valence electrons. The van der Waals surface area contributed by atoms with Crippen LogP contribution in [-0.2, 0) is 9.16 Å². The van der Waals surface area contributed by atoms with Crippen LogP contribution in [0.15, 0.2) is 0 Å². The molecule has 0 spiro atoms. The molecule has 89 heavy (non-hydrogen) atoms. The Morgan fingerprint density at radius 2 is 0.416 bits per heavy atom. The number of hydrogen-bond acceptors (Lipinski definition) is 2. The van der Waals surface area contributed by atoms with Gasteiger partial charge in [0.15, 0.2) is 0 Å². The van der Waals surface area contributed by atoms with Gasteiger partial charge in [0.1, 0.15) is 0 Å². The molecule has 1 aliphatic heterocycles. The maximum atomic E-state index is 9.46. The Bertz CT molecular complexity index is 1290. The van der Waals surface area contributed by atoms with Crippen molar-refractivity contribution < 1.29 is 9.16 Å². The lowest BCUT2D eigenvalue weighted by Crippen LogP contribution is -2.77. The second-order valence-electron chi connectivity index (χ2n) is 31.0. The second kappa shape index (κ2) is 64.1. The van der Waals surface area contributed by atoms with Crippen LogP contribution in [0.4, 0.5) is 0 Å². The van der Waals surface area contributed by atoms with E-state index >= 15 is 0 Å². The van der Waals surface area contributed by atoms with Crippen molar-refractivity contribution in [1.82, 2.24) is 0 Å². The second-order valence-corrected chi connectivity index (χ2v) is 34.9. The van der Waals surface area contributed by atoms with Crippen LogP contribution in [0.3, 0.4) is 0 Å². The zero-order chi connectivity index (χ0) is 64.6. The molecule has 0 N–H and O–H groups in total. The summed E-state index contributed by atoms with van der Waals surface area (Å²) in [7, 11) is -2.58. The largest absolute Gasteiger partial charge is 0.408 e. The molecule has 1 heterocycles. The minimum atomic E-state index is -2.58. The minimum Gasteiger partial charge on any atom is -0.408 e. The average Bonchev–Trinajstić information content (AvgIpc) is 0.685. The van der Waals surface area contributed by atoms with E-state index in [-0.39, 0.29) is 16.4 Å². The van der Waals surface area contributed by atoms with Gasteiger partial charge >= 0.3 is 0 Å². The summed E-state index contributed by atoms with van der Waals surface area (Å²) in [6, 6.07) is 2.75. The SMILES string of the molecule is CCCCCCCCCCC1(CCCCCCCCCC)O[Si](CCCCCCCCCC)(CCCCCCCCCC)C(OCC)C(CCCCCCCCCC)(CCCCCCCCCC)C1(CCCCCCCCCC)CCCCCCCCCC. The fourth-order valence-corrected chi connectivity index (χ4v) is 23.8. The zero-order valence-corrected chi connectivity index (χ0v) is 65.0. The number of hydrogen-bond donors (Lipinski definition) is 0. The van der Waals surface area contributed by atoms with Crippen molar-refractivity contribution in [1.29, 1.82) is 0 Å². The van der Waals surface area contributed by atoms with Gasteiger partial charge in [-0.1, -0.05) is 466 Å². The van der Waals surface area contributed by atoms with Crippen molar-refractivity contribution in [3.63, 3.8) is 0 Å². The first-order chi connectivity index (χ1) is 43.9. The first-order valence-corrected chi connectivity index (χ1v) is 45.6. The zero-order valence-electron chi connectivity index (χ0n) is 64.0. The molecule has 1 rings (SSSR count). The molecule has 1 atom stereocenters. The van der Waals surface area contributed by atoms with E-state index in [1.54, 1.807) is 0 Å². The fourth-order valence-electron chi connectivity index (χ4n) is 17.8. The van der Waals surface area contributed by atoms with Gasteiger partial charge < -0.3 is 9.16 Å². The molecular formula is C86H174O2Si. The normalized spacial score (nSPS) is 16.1. The van der Waals surface area contributed by atoms with E-state index in [1.165, 1.54) is 462 Å². The van der Waals surface area contributed by atoms with Gasteiger partial charge in [-0.05, 0) is 57.5 Å². The quantitative estimate of drug-likeness (QED) is 0.0446. The molecule has 1 aliphatic rings. The first kappa shape index (κ1) is 87.1. The molecule has 3 heteroatoms. The number of rotatable bonds is 74. The minimum absolute atomic E-state index is 0.0416. The summed E-state index contributed by atoms with van der Waals surface area (Å²) >= 11 is 0. The highest BCUT2D eigenvalue weighted by Crippen LogP contribution is 2.70. The van der Waals surface area contributed by atoms with E-state index in [0.29, 0.717) is 5.73 Å². The van der Waals surface area contributed by atoms with Gasteiger partial charge in [-0.3, -0.25) is 0 Å². The Morgan fingerprint density at radius 1 is 0.225 bits per heavy atom. The van der Waals surface area contributed by atoms with E-state index in [9.17, 15) is 4.43 Å². The average molecular weight is 1270 g/mol. The van der Waals surface area contributed by atoms with Crippen LogP contribution >= 0.6 is 0 Å². The molecule has 2 nitrogen and oxygen atoms in total. The van der Waals surface area contributed by atoms with Gasteiger partial charge in [0.05, 0.1) is 11.3 Å². The van der Waals surface area contributed by atoms with E-state index in [4.69, 9.17) is 4.74 Å². The van der Waals surface area contributed by atoms with E-state index < -0.39 is 8.32 Å². The van der Waals surface area contributed by atoms with Gasteiger partial charge in [0.2, 0.25) is 8.32 Å². The third-order valence-electron chi connectivity index (χ3n) is 23.2. The van der Waals surface area contributed by atoms with Crippen LogP contribution < -0.4 is 0 Å². The lowest BCUT2D eigenvalue weighted by molar-refractivity contribution is -0.238. The van der Waals surface area contributed by atoms with Crippen LogP contribution in [-0.4, -0.2) is 26.3 Å². The predicted molar refractivity (Wildman–Crippen MR) is 408 cm³/mol. The standard InChI is InChI=1S/C86H174O2Si/c1-10-19-27-35-43-51-59-67-75-84(76-68-60-52-44-36-28-20-11-2)83(87-18-9)89(81-73-65-57-49-41-33-25-16-7,82-74-66-58-50-42-34-26-17-8)88-86(79-71-63-55-47-39-31-23-14-5,80-72-64-56-48-40-32-24-15-6)85(84,77-69-61-53-45-37-29-21-12-3)78-70-62-54-46-38-30-22-13-4/h83H,10-82H2,1-9H3. The molecule has 0 saturated carbocycles. The van der Waals surface area contributed by atoms with Crippen molar-refractivity contribution in [2.75, 3.05) is 6.61 Å². The Balaban J connectivity index is 4.66. The third kappa shape index (κ3) is 40.5. The summed E-state index contributed by atoms with van der Waals surface area (Å²) < 4.78 is 17.7. The lowest BCUT2D eigenvalue weighted by Gasteiger charge is -2.72. The van der Waals surface area contributed by atoms with Gasteiger partial charge in [-0.25, -0.2) is 0 Å². The van der Waals surface area contributed by atoms with E-state index in [0.717, 1.165) is 6.61 Å². The molecule has 1 saturated heterocycles. The van der Waals surface area contributed by atoms with Crippen LogP contribution in [0.2, 0.25) is 12.1 Å². The van der Waals surface area contributed by atoms with Crippen molar-refractivity contribution in [3.8, 4) is 0 Å². The van der Waals surface area contributed by atoms with Crippen molar-refractivity contribution in [2.45, 2.75) is 535 Å². The van der Waals surface area contributed by atoms with Crippen LogP contribution in [0, 0.1) is 10.8 Å². The number of ether oxygens (including phenoxy) is 1. The van der Waals surface area contributed by atoms with Crippen LogP contribution in [0.25, 0.3) is 0 Å². The Kier molecular flexibility index (Phi) is 62.8. The highest BCUT2D eigenvalue weighted by atomic mass is 28.4. The Hall–Kier alpha value is 0.137. The molecule has 1 fully saturated rings. The lowest BCUT2D eigenvalue weighted by atomic mass is 9.46. The van der Waals surface area contributed by atoms with Crippen LogP contribution in [0.1, 0.15) is 512 Å². The van der Waals surface area contributed by atoms with Crippen molar-refractivity contribution >= 4 is 8.32 Å². The summed E-state index contributed by atoms with van der Waals surface area (Å²) in [6.07, 6.45) is 99.3. The summed E-state index contributed by atoms with van der Waals surface area (Å²) in [6.45, 7) is 22.5. The molecule has 0 radical (unpaired) electrons. The number of unbranched alkanes of at least 4 members (excludes halogenated alkanes) is 56. The maximum Gasteiger partial charge on any atom is 0.222 e. The topological polar surface area (TPSA) is 18.5 Å². The van der Waals surface area contributed by atoms with Crippen molar-refractivity contribution in [2.24, 2.45) is 10.8 Å². The van der Waals surface area contributed by atoms with Gasteiger partial charge in [0.25, 0.3) is 0 Å². The smallest absolute Gasteiger partial charge is 0.222 e. The molecule has 0 aromatic rings. The Labute approximate surface area is 566 Å². The summed E-state index contributed by atoms with van der Waals surface area (Å²) in [4.78, 5) is 0. The molecule has 0 aromatic heterocycles. The molecule has 0 amide bonds. The van der Waals surface area contributed by atoms with Gasteiger partial charge in [-0.2, -0.15) is 0 Å². The van der Waals surface area contributed by atoms with E-state index in [2.05, 4.69) is 62.3 Å². The highest BCUT2D eigenvalue weighted by molar-refractivity contribution is 6.75. The molecule has 1 unspecified atom stereocenters. The molecule has 0 bridgehead atoms. The monoisotopic (exact) mass is 1270 g/mol. The fraction of sp³-hybridized carbons (Fsp3) is 1.00.